The summed E-state index contributed by atoms with van der Waals surface area (Å²) in [6.45, 7) is 4.07. The highest BCUT2D eigenvalue weighted by Gasteiger charge is 2.20. The Morgan fingerprint density at radius 1 is 0.829 bits per heavy atom. The van der Waals surface area contributed by atoms with Gasteiger partial charge in [0.1, 0.15) is 0 Å². The lowest BCUT2D eigenvalue weighted by atomic mass is 10.1. The molecule has 0 spiro atoms. The van der Waals surface area contributed by atoms with Gasteiger partial charge in [-0.3, -0.25) is 14.4 Å². The van der Waals surface area contributed by atoms with Gasteiger partial charge in [0.05, 0.1) is 6.54 Å². The molecule has 0 atom stereocenters. The van der Waals surface area contributed by atoms with Crippen LogP contribution in [0.2, 0.25) is 0 Å². The molecule has 1 aliphatic rings. The van der Waals surface area contributed by atoms with E-state index in [0.717, 1.165) is 31.6 Å². The maximum absolute atomic E-state index is 13.1. The first kappa shape index (κ1) is 24.0. The first-order chi connectivity index (χ1) is 17.0. The first-order valence-corrected chi connectivity index (χ1v) is 11.9. The van der Waals surface area contributed by atoms with E-state index >= 15 is 0 Å². The van der Waals surface area contributed by atoms with Crippen LogP contribution in [0.15, 0.2) is 78.9 Å². The lowest BCUT2D eigenvalue weighted by molar-refractivity contribution is -0.114. The molecule has 0 radical (unpaired) electrons. The third-order valence-corrected chi connectivity index (χ3v) is 5.98. The van der Waals surface area contributed by atoms with E-state index in [4.69, 9.17) is 0 Å². The van der Waals surface area contributed by atoms with E-state index in [9.17, 15) is 14.4 Å². The molecule has 0 bridgehead atoms. The fourth-order valence-electron chi connectivity index (χ4n) is 4.19. The quantitative estimate of drug-likeness (QED) is 0.503. The number of carbonyl (C=O) groups excluding carboxylic acids is 3. The Balaban J connectivity index is 1.36. The molecule has 0 saturated carbocycles. The van der Waals surface area contributed by atoms with E-state index < -0.39 is 0 Å². The molecule has 4 rings (SSSR count). The normalized spacial score (nSPS) is 12.8. The second-order valence-electron chi connectivity index (χ2n) is 8.45. The SMILES string of the molecule is CCN(C(=O)c1cccc(NCC(=O)Nc2cccc(C(=O)N3CCCC3)c2)c1)c1ccccc1. The van der Waals surface area contributed by atoms with Crippen LogP contribution in [0.1, 0.15) is 40.5 Å². The van der Waals surface area contributed by atoms with E-state index in [-0.39, 0.29) is 24.3 Å². The van der Waals surface area contributed by atoms with Crippen molar-refractivity contribution in [1.82, 2.24) is 4.90 Å². The third-order valence-electron chi connectivity index (χ3n) is 5.98. The van der Waals surface area contributed by atoms with Crippen LogP contribution in [-0.2, 0) is 4.79 Å². The Labute approximate surface area is 205 Å². The topological polar surface area (TPSA) is 81.8 Å². The number of anilines is 3. The van der Waals surface area contributed by atoms with Gasteiger partial charge < -0.3 is 20.4 Å². The van der Waals surface area contributed by atoms with Crippen molar-refractivity contribution >= 4 is 34.8 Å². The van der Waals surface area contributed by atoms with Crippen molar-refractivity contribution in [2.45, 2.75) is 19.8 Å². The molecule has 0 unspecified atom stereocenters. The third kappa shape index (κ3) is 6.06. The lowest BCUT2D eigenvalue weighted by Gasteiger charge is -2.21. The number of amides is 3. The molecule has 35 heavy (non-hydrogen) atoms. The Bertz CT molecular complexity index is 1190. The van der Waals surface area contributed by atoms with Gasteiger partial charge in [0.25, 0.3) is 11.8 Å². The van der Waals surface area contributed by atoms with Crippen molar-refractivity contribution in [3.63, 3.8) is 0 Å². The van der Waals surface area contributed by atoms with Crippen LogP contribution in [-0.4, -0.2) is 48.8 Å². The summed E-state index contributed by atoms with van der Waals surface area (Å²) >= 11 is 0. The molecule has 0 aliphatic carbocycles. The summed E-state index contributed by atoms with van der Waals surface area (Å²) in [5, 5.41) is 5.92. The Kier molecular flexibility index (Phi) is 7.77. The molecular formula is C28H30N4O3. The van der Waals surface area contributed by atoms with E-state index in [0.29, 0.717) is 29.0 Å². The number of rotatable bonds is 8. The second-order valence-corrected chi connectivity index (χ2v) is 8.45. The van der Waals surface area contributed by atoms with Crippen molar-refractivity contribution in [2.75, 3.05) is 41.7 Å². The van der Waals surface area contributed by atoms with Crippen molar-refractivity contribution in [1.29, 1.82) is 0 Å². The minimum atomic E-state index is -0.244. The number of hydrogen-bond donors (Lipinski definition) is 2. The highest BCUT2D eigenvalue weighted by molar-refractivity contribution is 6.06. The zero-order valence-electron chi connectivity index (χ0n) is 19.9. The number of likely N-dealkylation sites (tertiary alicyclic amines) is 1. The summed E-state index contributed by atoms with van der Waals surface area (Å²) in [6, 6.07) is 23.7. The molecule has 1 heterocycles. The standard InChI is InChI=1S/C28H30N4O3/c1-2-32(25-14-4-3-5-15-25)28(35)22-11-8-12-23(18-22)29-20-26(33)30-24-13-9-10-21(19-24)27(34)31-16-6-7-17-31/h3-5,8-15,18-19,29H,2,6-7,16-17,20H2,1H3,(H,30,33). The highest BCUT2D eigenvalue weighted by atomic mass is 16.2. The van der Waals surface area contributed by atoms with Gasteiger partial charge >= 0.3 is 0 Å². The average molecular weight is 471 g/mol. The maximum Gasteiger partial charge on any atom is 0.258 e. The Hall–Kier alpha value is -4.13. The predicted molar refractivity (Wildman–Crippen MR) is 139 cm³/mol. The van der Waals surface area contributed by atoms with Crippen LogP contribution in [0, 0.1) is 0 Å². The second kappa shape index (κ2) is 11.3. The molecule has 7 nitrogen and oxygen atoms in total. The van der Waals surface area contributed by atoms with Crippen molar-refractivity contribution in [3.05, 3.63) is 90.0 Å². The van der Waals surface area contributed by atoms with Crippen LogP contribution in [0.25, 0.3) is 0 Å². The van der Waals surface area contributed by atoms with E-state index in [1.54, 1.807) is 47.4 Å². The molecule has 3 amide bonds. The number of nitrogens with one attached hydrogen (secondary N) is 2. The summed E-state index contributed by atoms with van der Waals surface area (Å²) in [5.41, 5.74) is 3.19. The summed E-state index contributed by atoms with van der Waals surface area (Å²) in [6.07, 6.45) is 2.06. The highest BCUT2D eigenvalue weighted by Crippen LogP contribution is 2.19. The molecule has 1 fully saturated rings. The molecular weight excluding hydrogens is 440 g/mol. The van der Waals surface area contributed by atoms with Crippen LogP contribution >= 0.6 is 0 Å². The monoisotopic (exact) mass is 470 g/mol. The number of benzene rings is 3. The van der Waals surface area contributed by atoms with Gasteiger partial charge in [-0.05, 0) is 68.3 Å². The number of para-hydroxylation sites is 1. The molecule has 2 N–H and O–H groups in total. The average Bonchev–Trinajstić information content (AvgIpc) is 3.43. The Morgan fingerprint density at radius 2 is 1.49 bits per heavy atom. The molecule has 180 valence electrons. The van der Waals surface area contributed by atoms with Crippen molar-refractivity contribution in [3.8, 4) is 0 Å². The fourth-order valence-corrected chi connectivity index (χ4v) is 4.19. The number of hydrogen-bond acceptors (Lipinski definition) is 4. The molecule has 1 saturated heterocycles. The lowest BCUT2D eigenvalue weighted by Crippen LogP contribution is -2.30. The van der Waals surface area contributed by atoms with Crippen LogP contribution in [0.4, 0.5) is 17.1 Å². The summed E-state index contributed by atoms with van der Waals surface area (Å²) in [4.78, 5) is 41.8. The van der Waals surface area contributed by atoms with Crippen LogP contribution < -0.4 is 15.5 Å². The van der Waals surface area contributed by atoms with Crippen molar-refractivity contribution in [2.24, 2.45) is 0 Å². The zero-order chi connectivity index (χ0) is 24.6. The number of nitrogens with zero attached hydrogens (tertiary/aromatic N) is 2. The molecule has 1 aliphatic heterocycles. The summed E-state index contributed by atoms with van der Waals surface area (Å²) in [7, 11) is 0. The smallest absolute Gasteiger partial charge is 0.258 e. The summed E-state index contributed by atoms with van der Waals surface area (Å²) in [5.74, 6) is -0.354. The van der Waals surface area contributed by atoms with Gasteiger partial charge in [0.15, 0.2) is 0 Å². The van der Waals surface area contributed by atoms with Crippen LogP contribution in [0.5, 0.6) is 0 Å². The van der Waals surface area contributed by atoms with Gasteiger partial charge in [-0.1, -0.05) is 30.3 Å². The first-order valence-electron chi connectivity index (χ1n) is 11.9. The van der Waals surface area contributed by atoms with Crippen LogP contribution in [0.3, 0.4) is 0 Å². The van der Waals surface area contributed by atoms with E-state index in [1.807, 2.05) is 48.2 Å². The minimum absolute atomic E-state index is 0.00479. The minimum Gasteiger partial charge on any atom is -0.376 e. The molecule has 0 aromatic heterocycles. The van der Waals surface area contributed by atoms with E-state index in [2.05, 4.69) is 10.6 Å². The van der Waals surface area contributed by atoms with Gasteiger partial charge in [-0.15, -0.1) is 0 Å². The fraction of sp³-hybridized carbons (Fsp3) is 0.250. The molecule has 3 aromatic carbocycles. The maximum atomic E-state index is 13.1. The van der Waals surface area contributed by atoms with Gasteiger partial charge in [0.2, 0.25) is 5.91 Å². The van der Waals surface area contributed by atoms with Gasteiger partial charge in [0, 0.05) is 47.8 Å². The largest absolute Gasteiger partial charge is 0.376 e. The predicted octanol–water partition coefficient (Wildman–Crippen LogP) is 4.64. The molecule has 3 aromatic rings. The van der Waals surface area contributed by atoms with E-state index in [1.165, 1.54) is 0 Å². The zero-order valence-corrected chi connectivity index (χ0v) is 19.9. The molecule has 7 heteroatoms. The van der Waals surface area contributed by atoms with Gasteiger partial charge in [-0.2, -0.15) is 0 Å². The Morgan fingerprint density at radius 3 is 2.20 bits per heavy atom. The van der Waals surface area contributed by atoms with Crippen molar-refractivity contribution < 1.29 is 14.4 Å². The number of carbonyl (C=O) groups is 3. The van der Waals surface area contributed by atoms with Gasteiger partial charge in [-0.25, -0.2) is 0 Å². The summed E-state index contributed by atoms with van der Waals surface area (Å²) < 4.78 is 0.